The minimum atomic E-state index is -0.118. The van der Waals surface area contributed by atoms with Crippen LogP contribution in [0, 0.1) is 13.8 Å². The number of aryl methyl sites for hydroxylation is 3. The normalized spacial score (nSPS) is 11.3. The zero-order chi connectivity index (χ0) is 16.1. The highest BCUT2D eigenvalue weighted by atomic mass is 16.1. The molecule has 0 aliphatic heterocycles. The summed E-state index contributed by atoms with van der Waals surface area (Å²) in [6.07, 6.45) is 7.09. The minimum absolute atomic E-state index is 0.118. The summed E-state index contributed by atoms with van der Waals surface area (Å²) in [5.41, 5.74) is 4.02. The number of hydrogen-bond acceptors (Lipinski definition) is 3. The topological polar surface area (TPSA) is 64.7 Å². The number of amides is 1. The molecule has 0 fully saturated rings. The van der Waals surface area contributed by atoms with Crippen molar-refractivity contribution < 1.29 is 4.79 Å². The molecule has 118 valence electrons. The van der Waals surface area contributed by atoms with Crippen molar-refractivity contribution in [3.05, 3.63) is 41.0 Å². The van der Waals surface area contributed by atoms with E-state index in [-0.39, 0.29) is 5.91 Å². The van der Waals surface area contributed by atoms with Crippen LogP contribution in [0.2, 0.25) is 0 Å². The van der Waals surface area contributed by atoms with E-state index >= 15 is 0 Å². The lowest BCUT2D eigenvalue weighted by molar-refractivity contribution is -0.116. The first-order valence-electron chi connectivity index (χ1n) is 7.56. The highest BCUT2D eigenvalue weighted by Gasteiger charge is 2.06. The van der Waals surface area contributed by atoms with Gasteiger partial charge in [-0.05, 0) is 33.8 Å². The molecule has 6 nitrogen and oxygen atoms in total. The zero-order valence-electron chi connectivity index (χ0n) is 13.6. The van der Waals surface area contributed by atoms with Gasteiger partial charge in [-0.15, -0.1) is 0 Å². The van der Waals surface area contributed by atoms with Crippen LogP contribution in [0.15, 0.2) is 18.5 Å². The van der Waals surface area contributed by atoms with E-state index in [1.54, 1.807) is 18.3 Å². The summed E-state index contributed by atoms with van der Waals surface area (Å²) in [6, 6.07) is 0. The number of nitrogens with one attached hydrogen (secondary N) is 1. The maximum Gasteiger partial charge on any atom is 0.244 e. The number of carbonyl (C=O) groups excluding carboxylic acids is 1. The van der Waals surface area contributed by atoms with Gasteiger partial charge in [0.05, 0.1) is 11.9 Å². The van der Waals surface area contributed by atoms with Gasteiger partial charge in [-0.2, -0.15) is 10.2 Å². The van der Waals surface area contributed by atoms with Crippen molar-refractivity contribution in [2.75, 3.05) is 0 Å². The van der Waals surface area contributed by atoms with Crippen molar-refractivity contribution in [2.45, 2.75) is 47.3 Å². The van der Waals surface area contributed by atoms with E-state index in [1.807, 2.05) is 43.3 Å². The minimum Gasteiger partial charge on any atom is -0.348 e. The van der Waals surface area contributed by atoms with E-state index in [2.05, 4.69) is 15.5 Å². The monoisotopic (exact) mass is 301 g/mol. The van der Waals surface area contributed by atoms with Crippen molar-refractivity contribution in [1.29, 1.82) is 0 Å². The van der Waals surface area contributed by atoms with E-state index in [0.717, 1.165) is 35.6 Å². The van der Waals surface area contributed by atoms with Crippen molar-refractivity contribution in [2.24, 2.45) is 0 Å². The van der Waals surface area contributed by atoms with Crippen LogP contribution >= 0.6 is 0 Å². The van der Waals surface area contributed by atoms with Crippen LogP contribution in [0.1, 0.15) is 36.4 Å². The lowest BCUT2D eigenvalue weighted by Crippen LogP contribution is -2.20. The predicted octanol–water partition coefficient (Wildman–Crippen LogP) is 2.07. The average molecular weight is 301 g/mol. The van der Waals surface area contributed by atoms with E-state index in [1.165, 1.54) is 0 Å². The fourth-order valence-electron chi connectivity index (χ4n) is 2.24. The summed E-state index contributed by atoms with van der Waals surface area (Å²) in [7, 11) is 0. The van der Waals surface area contributed by atoms with Crippen LogP contribution < -0.4 is 5.32 Å². The van der Waals surface area contributed by atoms with E-state index in [9.17, 15) is 4.79 Å². The Morgan fingerprint density at radius 3 is 2.68 bits per heavy atom. The van der Waals surface area contributed by atoms with Crippen molar-refractivity contribution in [1.82, 2.24) is 24.9 Å². The Balaban J connectivity index is 1.93. The Kier molecular flexibility index (Phi) is 5.14. The van der Waals surface area contributed by atoms with Crippen LogP contribution in [0.4, 0.5) is 0 Å². The molecule has 2 rings (SSSR count). The zero-order valence-corrected chi connectivity index (χ0v) is 13.6. The number of rotatable bonds is 6. The molecular formula is C16H23N5O. The van der Waals surface area contributed by atoms with Crippen LogP contribution in [-0.4, -0.2) is 25.5 Å². The first-order valence-corrected chi connectivity index (χ1v) is 7.56. The summed E-state index contributed by atoms with van der Waals surface area (Å²) in [4.78, 5) is 11.9. The number of carbonyl (C=O) groups is 1. The second-order valence-corrected chi connectivity index (χ2v) is 5.15. The lowest BCUT2D eigenvalue weighted by atomic mass is 10.2. The Labute approximate surface area is 130 Å². The first-order chi connectivity index (χ1) is 10.5. The molecule has 2 aromatic rings. The molecule has 0 saturated carbocycles. The molecule has 2 aromatic heterocycles. The number of hydrogen-bond donors (Lipinski definition) is 1. The molecule has 0 atom stereocenters. The molecule has 0 aliphatic rings. The number of nitrogens with zero attached hydrogens (tertiary/aromatic N) is 4. The van der Waals surface area contributed by atoms with E-state index in [0.29, 0.717) is 6.54 Å². The maximum atomic E-state index is 11.9. The van der Waals surface area contributed by atoms with Gasteiger partial charge in [-0.25, -0.2) is 0 Å². The molecule has 6 heteroatoms. The largest absolute Gasteiger partial charge is 0.348 e. The second kappa shape index (κ2) is 7.06. The van der Waals surface area contributed by atoms with Crippen molar-refractivity contribution >= 4 is 12.0 Å². The van der Waals surface area contributed by atoms with E-state index in [4.69, 9.17) is 0 Å². The highest BCUT2D eigenvalue weighted by Crippen LogP contribution is 2.09. The summed E-state index contributed by atoms with van der Waals surface area (Å²) in [5.74, 6) is -0.118. The van der Waals surface area contributed by atoms with Crippen LogP contribution in [0.25, 0.3) is 6.08 Å². The van der Waals surface area contributed by atoms with Crippen LogP contribution in [0.5, 0.6) is 0 Å². The molecule has 0 saturated heterocycles. The molecule has 2 heterocycles. The van der Waals surface area contributed by atoms with Gasteiger partial charge in [-0.1, -0.05) is 0 Å². The highest BCUT2D eigenvalue weighted by molar-refractivity contribution is 5.91. The molecule has 1 amide bonds. The Bertz CT molecular complexity index is 681. The quantitative estimate of drug-likeness (QED) is 0.831. The maximum absolute atomic E-state index is 11.9. The molecule has 0 unspecified atom stereocenters. The van der Waals surface area contributed by atoms with Gasteiger partial charge in [0.2, 0.25) is 5.91 Å². The third kappa shape index (κ3) is 3.63. The fourth-order valence-corrected chi connectivity index (χ4v) is 2.24. The average Bonchev–Trinajstić information content (AvgIpc) is 3.05. The van der Waals surface area contributed by atoms with Gasteiger partial charge >= 0.3 is 0 Å². The van der Waals surface area contributed by atoms with Gasteiger partial charge in [0, 0.05) is 48.7 Å². The lowest BCUT2D eigenvalue weighted by Gasteiger charge is -2.01. The molecule has 0 spiro atoms. The SMILES string of the molecule is CCn1cc(CNC(=O)C=Cc2cnn(CC)c2C)c(C)n1. The fraction of sp³-hybridized carbons (Fsp3) is 0.438. The van der Waals surface area contributed by atoms with Gasteiger partial charge in [0.25, 0.3) is 0 Å². The summed E-state index contributed by atoms with van der Waals surface area (Å²) in [5, 5.41) is 11.5. The molecule has 0 aromatic carbocycles. The summed E-state index contributed by atoms with van der Waals surface area (Å²) < 4.78 is 3.77. The standard InChI is InChI=1S/C16H23N5O/c1-5-20-11-15(12(3)19-20)9-17-16(22)8-7-14-10-18-21(6-2)13(14)4/h7-8,10-11H,5-6,9H2,1-4H3,(H,17,22). The Hall–Kier alpha value is -2.37. The van der Waals surface area contributed by atoms with Crippen LogP contribution in [-0.2, 0) is 24.4 Å². The summed E-state index contributed by atoms with van der Waals surface area (Å²) in [6.45, 7) is 10.2. The van der Waals surface area contributed by atoms with Crippen molar-refractivity contribution in [3.63, 3.8) is 0 Å². The van der Waals surface area contributed by atoms with Gasteiger partial charge in [-0.3, -0.25) is 14.2 Å². The smallest absolute Gasteiger partial charge is 0.244 e. The first kappa shape index (κ1) is 16.0. The van der Waals surface area contributed by atoms with Gasteiger partial charge in [0.1, 0.15) is 0 Å². The molecule has 0 radical (unpaired) electrons. The van der Waals surface area contributed by atoms with E-state index < -0.39 is 0 Å². The summed E-state index contributed by atoms with van der Waals surface area (Å²) >= 11 is 0. The van der Waals surface area contributed by atoms with Gasteiger partial charge < -0.3 is 5.32 Å². The number of aromatic nitrogens is 4. The predicted molar refractivity (Wildman–Crippen MR) is 86.2 cm³/mol. The molecule has 22 heavy (non-hydrogen) atoms. The van der Waals surface area contributed by atoms with Crippen molar-refractivity contribution in [3.8, 4) is 0 Å². The molecular weight excluding hydrogens is 278 g/mol. The molecule has 0 bridgehead atoms. The molecule has 1 N–H and O–H groups in total. The molecule has 0 aliphatic carbocycles. The Morgan fingerprint density at radius 2 is 2.09 bits per heavy atom. The third-order valence-corrected chi connectivity index (χ3v) is 3.68. The van der Waals surface area contributed by atoms with Crippen LogP contribution in [0.3, 0.4) is 0 Å². The second-order valence-electron chi connectivity index (χ2n) is 5.15. The Morgan fingerprint density at radius 1 is 1.32 bits per heavy atom. The van der Waals surface area contributed by atoms with Gasteiger partial charge in [0.15, 0.2) is 0 Å². The third-order valence-electron chi connectivity index (χ3n) is 3.68.